The van der Waals surface area contributed by atoms with Crippen LogP contribution in [-0.2, 0) is 0 Å². The zero-order chi connectivity index (χ0) is 12.2. The minimum absolute atomic E-state index is 0.132. The fourth-order valence-electron chi connectivity index (χ4n) is 1.00. The van der Waals surface area contributed by atoms with E-state index in [1.807, 2.05) is 6.92 Å². The Morgan fingerprint density at radius 3 is 2.75 bits per heavy atom. The first kappa shape index (κ1) is 13.3. The average Bonchev–Trinajstić information content (AvgIpc) is 2.57. The maximum atomic E-state index is 5.25. The van der Waals surface area contributed by atoms with Gasteiger partial charge in [-0.2, -0.15) is 0 Å². The van der Waals surface area contributed by atoms with Gasteiger partial charge in [-0.3, -0.25) is 0 Å². The van der Waals surface area contributed by atoms with Crippen molar-refractivity contribution in [3.05, 3.63) is 24.1 Å². The van der Waals surface area contributed by atoms with E-state index in [1.165, 1.54) is 0 Å². The van der Waals surface area contributed by atoms with Gasteiger partial charge in [0.25, 0.3) is 5.22 Å². The van der Waals surface area contributed by atoms with E-state index in [4.69, 9.17) is 4.42 Å². The molecule has 0 radical (unpaired) electrons. The van der Waals surface area contributed by atoms with Crippen molar-refractivity contribution < 1.29 is 4.42 Å². The van der Waals surface area contributed by atoms with E-state index >= 15 is 0 Å². The van der Waals surface area contributed by atoms with Crippen molar-refractivity contribution in [2.45, 2.75) is 38.5 Å². The molecule has 1 N–H and O–H groups in total. The molecule has 1 heterocycles. The zero-order valence-corrected chi connectivity index (χ0v) is 11.3. The number of hydrogen-bond acceptors (Lipinski definition) is 4. The van der Waals surface area contributed by atoms with Crippen LogP contribution in [0.1, 0.15) is 26.5 Å². The Labute approximate surface area is 102 Å². The summed E-state index contributed by atoms with van der Waals surface area (Å²) in [7, 11) is 0. The van der Waals surface area contributed by atoms with Crippen LogP contribution in [0.3, 0.4) is 0 Å². The van der Waals surface area contributed by atoms with Gasteiger partial charge >= 0.3 is 0 Å². The average molecular weight is 240 g/mol. The Hall–Kier alpha value is -0.740. The lowest BCUT2D eigenvalue weighted by atomic mass is 10.1. The van der Waals surface area contributed by atoms with Crippen molar-refractivity contribution in [1.29, 1.82) is 0 Å². The number of rotatable bonds is 5. The Morgan fingerprint density at radius 2 is 2.25 bits per heavy atom. The molecule has 0 atom stereocenters. The smallest absolute Gasteiger partial charge is 0.256 e. The quantitative estimate of drug-likeness (QED) is 0.634. The van der Waals surface area contributed by atoms with Gasteiger partial charge in [0.05, 0.1) is 5.69 Å². The normalized spacial score (nSPS) is 11.8. The monoisotopic (exact) mass is 240 g/mol. The predicted octanol–water partition coefficient (Wildman–Crippen LogP) is 3.02. The van der Waals surface area contributed by atoms with Crippen molar-refractivity contribution in [2.75, 3.05) is 12.3 Å². The SMILES string of the molecule is C=C(CNC(C)(C)C)CSc1nc(C)co1. The van der Waals surface area contributed by atoms with Crippen molar-refractivity contribution in [1.82, 2.24) is 10.3 Å². The molecule has 0 aliphatic rings. The van der Waals surface area contributed by atoms with Gasteiger partial charge in [0.2, 0.25) is 0 Å². The third-order valence-corrected chi connectivity index (χ3v) is 2.85. The van der Waals surface area contributed by atoms with E-state index in [2.05, 4.69) is 37.7 Å². The number of nitrogens with zero attached hydrogens (tertiary/aromatic N) is 1. The molecule has 90 valence electrons. The van der Waals surface area contributed by atoms with Crippen LogP contribution in [0, 0.1) is 6.92 Å². The van der Waals surface area contributed by atoms with Gasteiger partial charge in [0.15, 0.2) is 0 Å². The fraction of sp³-hybridized carbons (Fsp3) is 0.583. The molecular formula is C12H20N2OS. The van der Waals surface area contributed by atoms with Crippen LogP contribution in [0.2, 0.25) is 0 Å². The molecule has 1 aromatic heterocycles. The van der Waals surface area contributed by atoms with Crippen LogP contribution in [0.25, 0.3) is 0 Å². The molecule has 0 saturated heterocycles. The second kappa shape index (κ2) is 5.55. The summed E-state index contributed by atoms with van der Waals surface area (Å²) < 4.78 is 5.25. The van der Waals surface area contributed by atoms with E-state index < -0.39 is 0 Å². The molecule has 3 nitrogen and oxygen atoms in total. The zero-order valence-electron chi connectivity index (χ0n) is 10.5. The molecule has 0 unspecified atom stereocenters. The summed E-state index contributed by atoms with van der Waals surface area (Å²) in [6.07, 6.45) is 1.67. The summed E-state index contributed by atoms with van der Waals surface area (Å²) in [4.78, 5) is 4.23. The summed E-state index contributed by atoms with van der Waals surface area (Å²) in [6.45, 7) is 13.2. The van der Waals surface area contributed by atoms with E-state index in [1.54, 1.807) is 18.0 Å². The highest BCUT2D eigenvalue weighted by Gasteiger charge is 2.09. The summed E-state index contributed by atoms with van der Waals surface area (Å²) >= 11 is 1.58. The molecule has 1 rings (SSSR count). The summed E-state index contributed by atoms with van der Waals surface area (Å²) in [5.74, 6) is 0.836. The third-order valence-electron chi connectivity index (χ3n) is 1.87. The van der Waals surface area contributed by atoms with Gasteiger partial charge in [-0.05, 0) is 27.7 Å². The number of oxazole rings is 1. The second-order valence-electron chi connectivity index (χ2n) is 4.90. The summed E-state index contributed by atoms with van der Waals surface area (Å²) in [5.41, 5.74) is 2.20. The molecule has 0 aliphatic heterocycles. The number of thioether (sulfide) groups is 1. The van der Waals surface area contributed by atoms with Crippen molar-refractivity contribution in [2.24, 2.45) is 0 Å². The van der Waals surface area contributed by atoms with Crippen molar-refractivity contribution >= 4 is 11.8 Å². The van der Waals surface area contributed by atoms with Crippen molar-refractivity contribution in [3.8, 4) is 0 Å². The highest BCUT2D eigenvalue weighted by atomic mass is 32.2. The molecule has 0 bridgehead atoms. The molecule has 4 heteroatoms. The molecule has 16 heavy (non-hydrogen) atoms. The highest BCUT2D eigenvalue weighted by molar-refractivity contribution is 7.99. The van der Waals surface area contributed by atoms with Crippen molar-refractivity contribution in [3.63, 3.8) is 0 Å². The van der Waals surface area contributed by atoms with E-state index in [-0.39, 0.29) is 5.54 Å². The Morgan fingerprint density at radius 1 is 1.56 bits per heavy atom. The Bertz CT molecular complexity index is 352. The molecule has 0 spiro atoms. The largest absolute Gasteiger partial charge is 0.440 e. The summed E-state index contributed by atoms with van der Waals surface area (Å²) in [5, 5.41) is 4.12. The Balaban J connectivity index is 2.25. The first-order chi connectivity index (χ1) is 7.37. The van der Waals surface area contributed by atoms with E-state index in [9.17, 15) is 0 Å². The van der Waals surface area contributed by atoms with Gasteiger partial charge in [0, 0.05) is 17.8 Å². The maximum absolute atomic E-state index is 5.25. The number of hydrogen-bond donors (Lipinski definition) is 1. The van der Waals surface area contributed by atoms with Crippen LogP contribution in [0.4, 0.5) is 0 Å². The lowest BCUT2D eigenvalue weighted by Gasteiger charge is -2.21. The molecule has 0 fully saturated rings. The van der Waals surface area contributed by atoms with Gasteiger partial charge < -0.3 is 9.73 Å². The molecule has 1 aromatic rings. The highest BCUT2D eigenvalue weighted by Crippen LogP contribution is 2.18. The Kier molecular flexibility index (Phi) is 4.62. The minimum Gasteiger partial charge on any atom is -0.440 e. The van der Waals surface area contributed by atoms with Gasteiger partial charge in [-0.15, -0.1) is 0 Å². The van der Waals surface area contributed by atoms with Crippen LogP contribution < -0.4 is 5.32 Å². The summed E-state index contributed by atoms with van der Waals surface area (Å²) in [6, 6.07) is 0. The van der Waals surface area contributed by atoms with Crippen LogP contribution in [0.5, 0.6) is 0 Å². The molecule has 0 aromatic carbocycles. The minimum atomic E-state index is 0.132. The number of nitrogens with one attached hydrogen (secondary N) is 1. The first-order valence-corrected chi connectivity index (χ1v) is 6.32. The third kappa shape index (κ3) is 5.37. The van der Waals surface area contributed by atoms with E-state index in [0.29, 0.717) is 0 Å². The number of aryl methyl sites for hydroxylation is 1. The first-order valence-electron chi connectivity index (χ1n) is 5.33. The fourth-order valence-corrected chi connectivity index (χ4v) is 1.76. The topological polar surface area (TPSA) is 38.1 Å². The standard InChI is InChI=1S/C12H20N2OS/c1-9(6-13-12(3,4)5)8-16-11-14-10(2)7-15-11/h7,13H,1,6,8H2,2-5H3. The lowest BCUT2D eigenvalue weighted by Crippen LogP contribution is -2.37. The second-order valence-corrected chi connectivity index (χ2v) is 5.82. The van der Waals surface area contributed by atoms with Crippen LogP contribution in [0.15, 0.2) is 28.1 Å². The molecule has 0 aliphatic carbocycles. The molecular weight excluding hydrogens is 220 g/mol. The molecule has 0 saturated carbocycles. The van der Waals surface area contributed by atoms with Gasteiger partial charge in [0.1, 0.15) is 6.26 Å². The lowest BCUT2D eigenvalue weighted by molar-refractivity contribution is 0.444. The molecule has 0 amide bonds. The predicted molar refractivity (Wildman–Crippen MR) is 68.9 cm³/mol. The van der Waals surface area contributed by atoms with Gasteiger partial charge in [-0.1, -0.05) is 23.9 Å². The van der Waals surface area contributed by atoms with Crippen LogP contribution >= 0.6 is 11.8 Å². The van der Waals surface area contributed by atoms with Crippen LogP contribution in [-0.4, -0.2) is 22.8 Å². The van der Waals surface area contributed by atoms with E-state index in [0.717, 1.165) is 28.8 Å². The van der Waals surface area contributed by atoms with Gasteiger partial charge in [-0.25, -0.2) is 4.98 Å². The number of aromatic nitrogens is 1. The maximum Gasteiger partial charge on any atom is 0.256 e.